The molecule has 0 bridgehead atoms. The minimum absolute atomic E-state index is 0.654. The lowest BCUT2D eigenvalue weighted by molar-refractivity contribution is 0.583. The Labute approximate surface area is 108 Å². The first kappa shape index (κ1) is 12.7. The second-order valence-electron chi connectivity index (χ2n) is 3.98. The van der Waals surface area contributed by atoms with E-state index in [1.165, 1.54) is 0 Å². The summed E-state index contributed by atoms with van der Waals surface area (Å²) in [5.41, 5.74) is 7.27. The van der Waals surface area contributed by atoms with Crippen LogP contribution >= 0.6 is 0 Å². The van der Waals surface area contributed by atoms with Gasteiger partial charge in [0, 0.05) is 40.6 Å². The Hall–Kier alpha value is -1.76. The van der Waals surface area contributed by atoms with E-state index in [1.807, 2.05) is 24.3 Å². The molecular weight excluding hydrogens is 250 g/mol. The lowest BCUT2D eigenvalue weighted by atomic mass is 10.2. The number of benzene rings is 1. The maximum atomic E-state index is 11.0. The monoisotopic (exact) mass is 265 g/mol. The summed E-state index contributed by atoms with van der Waals surface area (Å²) in [6.45, 7) is 0.659. The van der Waals surface area contributed by atoms with Crippen LogP contribution < -0.4 is 5.73 Å². The maximum Gasteiger partial charge on any atom is 0.182 e. The van der Waals surface area contributed by atoms with Crippen molar-refractivity contribution in [2.45, 2.75) is 13.0 Å². The highest BCUT2D eigenvalue weighted by molar-refractivity contribution is 7.84. The molecule has 0 radical (unpaired) electrons. The number of hydrogen-bond acceptors (Lipinski definition) is 5. The number of tetrazole rings is 1. The van der Waals surface area contributed by atoms with E-state index in [4.69, 9.17) is 5.73 Å². The molecule has 6 nitrogen and oxygen atoms in total. The van der Waals surface area contributed by atoms with Crippen molar-refractivity contribution in [1.29, 1.82) is 0 Å². The van der Waals surface area contributed by atoms with Gasteiger partial charge in [0.2, 0.25) is 0 Å². The highest BCUT2D eigenvalue weighted by Gasteiger charge is 2.08. The Balaban J connectivity index is 2.12. The Kier molecular flexibility index (Phi) is 4.03. The van der Waals surface area contributed by atoms with Crippen LogP contribution in [0.15, 0.2) is 24.3 Å². The fraction of sp³-hybridized carbons (Fsp3) is 0.364. The molecule has 0 amide bonds. The molecule has 0 aliphatic rings. The van der Waals surface area contributed by atoms with Crippen LogP contribution in [-0.4, -0.2) is 36.4 Å². The van der Waals surface area contributed by atoms with Gasteiger partial charge in [-0.25, -0.2) is 4.68 Å². The molecule has 96 valence electrons. The molecule has 18 heavy (non-hydrogen) atoms. The SMILES string of the molecule is CS(=O)CCCn1nnnc1-c1ccc(N)cc1. The van der Waals surface area contributed by atoms with Gasteiger partial charge < -0.3 is 5.73 Å². The predicted molar refractivity (Wildman–Crippen MR) is 71.2 cm³/mol. The third kappa shape index (κ3) is 3.13. The topological polar surface area (TPSA) is 86.7 Å². The second-order valence-corrected chi connectivity index (χ2v) is 5.53. The van der Waals surface area contributed by atoms with Crippen molar-refractivity contribution < 1.29 is 4.21 Å². The molecule has 0 aliphatic heterocycles. The van der Waals surface area contributed by atoms with Crippen molar-refractivity contribution in [2.75, 3.05) is 17.7 Å². The molecule has 2 rings (SSSR count). The zero-order chi connectivity index (χ0) is 13.0. The molecule has 0 saturated carbocycles. The van der Waals surface area contributed by atoms with E-state index in [2.05, 4.69) is 15.5 Å². The minimum atomic E-state index is -0.780. The average Bonchev–Trinajstić information content (AvgIpc) is 2.78. The molecule has 1 heterocycles. The predicted octanol–water partition coefficient (Wildman–Crippen LogP) is 0.691. The van der Waals surface area contributed by atoms with E-state index in [0.717, 1.165) is 12.0 Å². The second kappa shape index (κ2) is 5.72. The summed E-state index contributed by atoms with van der Waals surface area (Å²) in [5, 5.41) is 11.6. The van der Waals surface area contributed by atoms with Gasteiger partial charge in [-0.1, -0.05) is 0 Å². The van der Waals surface area contributed by atoms with E-state index in [1.54, 1.807) is 10.9 Å². The molecule has 2 aromatic rings. The minimum Gasteiger partial charge on any atom is -0.399 e. The first-order chi connectivity index (χ1) is 8.66. The van der Waals surface area contributed by atoms with Gasteiger partial charge in [-0.05, 0) is 41.1 Å². The fourth-order valence-corrected chi connectivity index (χ4v) is 2.15. The first-order valence-corrected chi connectivity index (χ1v) is 7.31. The van der Waals surface area contributed by atoms with E-state index >= 15 is 0 Å². The van der Waals surface area contributed by atoms with Gasteiger partial charge in [0.1, 0.15) is 0 Å². The lowest BCUT2D eigenvalue weighted by Crippen LogP contribution is -2.06. The highest BCUT2D eigenvalue weighted by Crippen LogP contribution is 2.17. The summed E-state index contributed by atoms with van der Waals surface area (Å²) in [4.78, 5) is 0. The molecule has 0 aliphatic carbocycles. The van der Waals surface area contributed by atoms with Gasteiger partial charge in [0.25, 0.3) is 0 Å². The van der Waals surface area contributed by atoms with Gasteiger partial charge in [0.05, 0.1) is 0 Å². The van der Waals surface area contributed by atoms with Gasteiger partial charge >= 0.3 is 0 Å². The van der Waals surface area contributed by atoms with Crippen LogP contribution in [0.4, 0.5) is 5.69 Å². The molecule has 1 unspecified atom stereocenters. The number of aromatic nitrogens is 4. The summed E-state index contributed by atoms with van der Waals surface area (Å²) in [5.74, 6) is 1.36. The number of nitrogen functional groups attached to an aromatic ring is 1. The van der Waals surface area contributed by atoms with Crippen LogP contribution in [-0.2, 0) is 17.3 Å². The molecule has 0 spiro atoms. The van der Waals surface area contributed by atoms with Crippen molar-refractivity contribution >= 4 is 16.5 Å². The Bertz CT molecular complexity index is 537. The standard InChI is InChI=1S/C11H15N5OS/c1-18(17)8-2-7-16-11(13-14-15-16)9-3-5-10(12)6-4-9/h3-6H,2,7-8,12H2,1H3. The summed E-state index contributed by atoms with van der Waals surface area (Å²) >= 11 is 0. The largest absolute Gasteiger partial charge is 0.399 e. The summed E-state index contributed by atoms with van der Waals surface area (Å²) < 4.78 is 12.7. The van der Waals surface area contributed by atoms with E-state index in [-0.39, 0.29) is 0 Å². The van der Waals surface area contributed by atoms with Crippen LogP contribution in [0.2, 0.25) is 0 Å². The summed E-state index contributed by atoms with van der Waals surface area (Å²) in [7, 11) is -0.780. The van der Waals surface area contributed by atoms with Crippen molar-refractivity contribution in [3.8, 4) is 11.4 Å². The molecule has 1 atom stereocenters. The third-order valence-electron chi connectivity index (χ3n) is 2.50. The molecule has 0 saturated heterocycles. The zero-order valence-electron chi connectivity index (χ0n) is 10.1. The van der Waals surface area contributed by atoms with Crippen molar-refractivity contribution in [1.82, 2.24) is 20.2 Å². The highest BCUT2D eigenvalue weighted by atomic mass is 32.2. The third-order valence-corrected chi connectivity index (χ3v) is 3.37. The molecule has 1 aromatic carbocycles. The quantitative estimate of drug-likeness (QED) is 0.804. The Morgan fingerprint density at radius 2 is 2.06 bits per heavy atom. The smallest absolute Gasteiger partial charge is 0.182 e. The Morgan fingerprint density at radius 1 is 1.33 bits per heavy atom. The fourth-order valence-electron chi connectivity index (χ4n) is 1.61. The van der Waals surface area contributed by atoms with Gasteiger partial charge in [0.15, 0.2) is 5.82 Å². The normalized spacial score (nSPS) is 12.5. The Morgan fingerprint density at radius 3 is 2.72 bits per heavy atom. The average molecular weight is 265 g/mol. The van der Waals surface area contributed by atoms with Crippen molar-refractivity contribution in [3.05, 3.63) is 24.3 Å². The maximum absolute atomic E-state index is 11.0. The van der Waals surface area contributed by atoms with Crippen LogP contribution in [0.1, 0.15) is 6.42 Å². The molecule has 0 fully saturated rings. The van der Waals surface area contributed by atoms with Gasteiger partial charge in [-0.2, -0.15) is 0 Å². The van der Waals surface area contributed by atoms with Crippen LogP contribution in [0.25, 0.3) is 11.4 Å². The molecule has 1 aromatic heterocycles. The van der Waals surface area contributed by atoms with Gasteiger partial charge in [-0.15, -0.1) is 5.10 Å². The number of nitrogens with two attached hydrogens (primary N) is 1. The van der Waals surface area contributed by atoms with Crippen LogP contribution in [0, 0.1) is 0 Å². The molecular formula is C11H15N5OS. The van der Waals surface area contributed by atoms with Crippen molar-refractivity contribution in [3.63, 3.8) is 0 Å². The first-order valence-electron chi connectivity index (χ1n) is 5.59. The summed E-state index contributed by atoms with van der Waals surface area (Å²) in [6, 6.07) is 7.40. The lowest BCUT2D eigenvalue weighted by Gasteiger charge is -2.04. The van der Waals surface area contributed by atoms with E-state index in [9.17, 15) is 4.21 Å². The molecule has 7 heteroatoms. The van der Waals surface area contributed by atoms with Crippen LogP contribution in [0.5, 0.6) is 0 Å². The number of hydrogen-bond donors (Lipinski definition) is 1. The zero-order valence-corrected chi connectivity index (χ0v) is 10.9. The van der Waals surface area contributed by atoms with Crippen molar-refractivity contribution in [2.24, 2.45) is 0 Å². The number of anilines is 1. The van der Waals surface area contributed by atoms with Crippen LogP contribution in [0.3, 0.4) is 0 Å². The van der Waals surface area contributed by atoms with E-state index in [0.29, 0.717) is 23.8 Å². The molecule has 2 N–H and O–H groups in total. The van der Waals surface area contributed by atoms with E-state index < -0.39 is 10.8 Å². The number of aryl methyl sites for hydroxylation is 1. The number of nitrogens with zero attached hydrogens (tertiary/aromatic N) is 4. The summed E-state index contributed by atoms with van der Waals surface area (Å²) in [6.07, 6.45) is 2.48. The number of rotatable bonds is 5. The van der Waals surface area contributed by atoms with Gasteiger partial charge in [-0.3, -0.25) is 4.21 Å².